The summed E-state index contributed by atoms with van der Waals surface area (Å²) in [6.45, 7) is 0.243. The largest absolute Gasteiger partial charge is 0.493 e. The van der Waals surface area contributed by atoms with Crippen LogP contribution in [0.15, 0.2) is 75.9 Å². The Labute approximate surface area is 195 Å². The van der Waals surface area contributed by atoms with E-state index in [0.717, 1.165) is 5.56 Å². The molecule has 1 atom stereocenters. The van der Waals surface area contributed by atoms with Crippen molar-refractivity contribution in [2.45, 2.75) is 12.5 Å². The molecule has 1 aliphatic rings. The molecule has 4 aromatic rings. The number of carbonyl (C=O) groups excluding carboxylic acids is 1. The van der Waals surface area contributed by atoms with Gasteiger partial charge in [0, 0.05) is 12.1 Å². The highest BCUT2D eigenvalue weighted by Crippen LogP contribution is 2.39. The Bertz CT molecular complexity index is 1460. The highest BCUT2D eigenvalue weighted by molar-refractivity contribution is 5.99. The molecule has 6 nitrogen and oxygen atoms in total. The maximum atomic E-state index is 14.9. The monoisotopic (exact) mass is 459 g/mol. The van der Waals surface area contributed by atoms with E-state index in [-0.39, 0.29) is 28.9 Å². The number of nitrogens with zero attached hydrogens (tertiary/aromatic N) is 1. The minimum Gasteiger partial charge on any atom is -0.493 e. The van der Waals surface area contributed by atoms with Crippen LogP contribution in [-0.2, 0) is 6.42 Å². The highest BCUT2D eigenvalue weighted by atomic mass is 19.1. The third kappa shape index (κ3) is 3.50. The quantitative estimate of drug-likeness (QED) is 0.417. The van der Waals surface area contributed by atoms with Gasteiger partial charge >= 0.3 is 0 Å². The minimum absolute atomic E-state index is 0.0377. The normalized spacial score (nSPS) is 15.0. The van der Waals surface area contributed by atoms with Crippen LogP contribution in [0, 0.1) is 5.82 Å². The molecule has 0 saturated heterocycles. The molecule has 0 N–H and O–H groups in total. The molecule has 172 valence electrons. The standard InChI is InChI=1S/C27H22FNO5/c1-32-21-12-11-16(15-22(21)33-2)13-14-29-24(17-7-3-5-9-19(17)28)23-25(30)18-8-4-6-10-20(18)34-26(23)27(29)31/h3-12,15,24H,13-14H2,1-2H3/t24-/m0/s1. The first-order chi connectivity index (χ1) is 16.5. The molecule has 1 amide bonds. The number of hydrogen-bond acceptors (Lipinski definition) is 5. The number of methoxy groups -OCH3 is 2. The van der Waals surface area contributed by atoms with Crippen LogP contribution in [0.5, 0.6) is 11.5 Å². The van der Waals surface area contributed by atoms with Crippen LogP contribution in [-0.4, -0.2) is 31.6 Å². The minimum atomic E-state index is -0.885. The maximum Gasteiger partial charge on any atom is 0.290 e. The van der Waals surface area contributed by atoms with Crippen LogP contribution in [0.2, 0.25) is 0 Å². The molecule has 0 unspecified atom stereocenters. The van der Waals surface area contributed by atoms with Crippen molar-refractivity contribution in [2.24, 2.45) is 0 Å². The number of para-hydroxylation sites is 1. The van der Waals surface area contributed by atoms with Gasteiger partial charge in [-0.15, -0.1) is 0 Å². The predicted molar refractivity (Wildman–Crippen MR) is 125 cm³/mol. The first-order valence-electron chi connectivity index (χ1n) is 10.9. The number of ether oxygens (including phenoxy) is 2. The molecule has 0 saturated carbocycles. The second-order valence-electron chi connectivity index (χ2n) is 8.03. The van der Waals surface area contributed by atoms with E-state index in [0.29, 0.717) is 28.9 Å². The molecular weight excluding hydrogens is 437 g/mol. The molecule has 0 bridgehead atoms. The number of hydrogen-bond donors (Lipinski definition) is 0. The van der Waals surface area contributed by atoms with Crippen molar-refractivity contribution < 1.29 is 23.1 Å². The second-order valence-corrected chi connectivity index (χ2v) is 8.03. The molecule has 5 rings (SSSR count). The van der Waals surface area contributed by atoms with Gasteiger partial charge in [0.15, 0.2) is 16.9 Å². The Morgan fingerprint density at radius 3 is 2.44 bits per heavy atom. The molecular formula is C27H22FNO5. The third-order valence-corrected chi connectivity index (χ3v) is 6.16. The van der Waals surface area contributed by atoms with E-state index >= 15 is 0 Å². The van der Waals surface area contributed by atoms with Gasteiger partial charge in [0.2, 0.25) is 5.76 Å². The van der Waals surface area contributed by atoms with Crippen molar-refractivity contribution in [1.29, 1.82) is 0 Å². The molecule has 3 aromatic carbocycles. The van der Waals surface area contributed by atoms with E-state index in [1.807, 2.05) is 12.1 Å². The SMILES string of the molecule is COc1ccc(CCN2C(=O)c3oc4ccccc4c(=O)c3[C@@H]2c2ccccc2F)cc1OC. The molecule has 0 fully saturated rings. The summed E-state index contributed by atoms with van der Waals surface area (Å²) in [7, 11) is 3.11. The highest BCUT2D eigenvalue weighted by Gasteiger charge is 2.43. The summed E-state index contributed by atoms with van der Waals surface area (Å²) in [4.78, 5) is 28.4. The molecule has 7 heteroatoms. The fraction of sp³-hybridized carbons (Fsp3) is 0.185. The molecule has 34 heavy (non-hydrogen) atoms. The van der Waals surface area contributed by atoms with Crippen molar-refractivity contribution >= 4 is 16.9 Å². The van der Waals surface area contributed by atoms with Crippen molar-refractivity contribution in [3.05, 3.63) is 105 Å². The molecule has 0 radical (unpaired) electrons. The van der Waals surface area contributed by atoms with Gasteiger partial charge < -0.3 is 18.8 Å². The first-order valence-corrected chi connectivity index (χ1v) is 10.9. The van der Waals surface area contributed by atoms with Crippen molar-refractivity contribution in [2.75, 3.05) is 20.8 Å². The Kier molecular flexibility index (Phi) is 5.53. The van der Waals surface area contributed by atoms with Crippen molar-refractivity contribution in [1.82, 2.24) is 4.90 Å². The van der Waals surface area contributed by atoms with Gasteiger partial charge in [0.05, 0.1) is 31.2 Å². The Morgan fingerprint density at radius 1 is 0.941 bits per heavy atom. The van der Waals surface area contributed by atoms with Gasteiger partial charge in [0.1, 0.15) is 11.4 Å². The smallest absolute Gasteiger partial charge is 0.290 e. The second kappa shape index (κ2) is 8.67. The van der Waals surface area contributed by atoms with Gasteiger partial charge in [-0.25, -0.2) is 4.39 Å². The van der Waals surface area contributed by atoms with Crippen LogP contribution >= 0.6 is 0 Å². The average Bonchev–Trinajstić information content (AvgIpc) is 3.14. The zero-order valence-corrected chi connectivity index (χ0v) is 18.7. The fourth-order valence-corrected chi connectivity index (χ4v) is 4.50. The third-order valence-electron chi connectivity index (χ3n) is 6.16. The fourth-order valence-electron chi connectivity index (χ4n) is 4.50. The topological polar surface area (TPSA) is 69.0 Å². The van der Waals surface area contributed by atoms with Gasteiger partial charge in [-0.05, 0) is 42.3 Å². The summed E-state index contributed by atoms with van der Waals surface area (Å²) < 4.78 is 31.5. The molecule has 2 heterocycles. The lowest BCUT2D eigenvalue weighted by atomic mass is 9.98. The number of rotatable bonds is 6. The number of amides is 1. The zero-order chi connectivity index (χ0) is 23.8. The summed E-state index contributed by atoms with van der Waals surface area (Å²) in [5.41, 5.74) is 1.32. The van der Waals surface area contributed by atoms with Crippen LogP contribution < -0.4 is 14.9 Å². The zero-order valence-electron chi connectivity index (χ0n) is 18.7. The van der Waals surface area contributed by atoms with Crippen LogP contribution in [0.1, 0.15) is 33.3 Å². The number of fused-ring (bicyclic) bond motifs is 2. The van der Waals surface area contributed by atoms with E-state index in [9.17, 15) is 14.0 Å². The molecule has 0 spiro atoms. The van der Waals surface area contributed by atoms with Gasteiger partial charge in [-0.3, -0.25) is 9.59 Å². The van der Waals surface area contributed by atoms with E-state index < -0.39 is 17.8 Å². The average molecular weight is 459 g/mol. The lowest BCUT2D eigenvalue weighted by molar-refractivity contribution is 0.0728. The Morgan fingerprint density at radius 2 is 1.68 bits per heavy atom. The van der Waals surface area contributed by atoms with Crippen LogP contribution in [0.4, 0.5) is 4.39 Å². The van der Waals surface area contributed by atoms with Crippen molar-refractivity contribution in [3.63, 3.8) is 0 Å². The van der Waals surface area contributed by atoms with Crippen molar-refractivity contribution in [3.8, 4) is 11.5 Å². The molecule has 1 aromatic heterocycles. The Balaban J connectivity index is 1.59. The number of carbonyl (C=O) groups is 1. The van der Waals surface area contributed by atoms with E-state index in [2.05, 4.69) is 0 Å². The number of benzene rings is 3. The van der Waals surface area contributed by atoms with Gasteiger partial charge in [-0.2, -0.15) is 0 Å². The van der Waals surface area contributed by atoms with E-state index in [4.69, 9.17) is 13.9 Å². The van der Waals surface area contributed by atoms with E-state index in [1.165, 1.54) is 11.0 Å². The summed E-state index contributed by atoms with van der Waals surface area (Å²) in [5, 5.41) is 0.358. The first kappa shape index (κ1) is 21.7. The van der Waals surface area contributed by atoms with E-state index in [1.54, 1.807) is 62.8 Å². The predicted octanol–water partition coefficient (Wildman–Crippen LogP) is 4.74. The van der Waals surface area contributed by atoms with Gasteiger partial charge in [0.25, 0.3) is 5.91 Å². The summed E-state index contributed by atoms with van der Waals surface area (Å²) in [6.07, 6.45) is 0.457. The van der Waals surface area contributed by atoms with Crippen LogP contribution in [0.25, 0.3) is 11.0 Å². The summed E-state index contributed by atoms with van der Waals surface area (Å²) in [5.74, 6) is 0.207. The summed E-state index contributed by atoms with van der Waals surface area (Å²) in [6, 6.07) is 17.6. The van der Waals surface area contributed by atoms with Gasteiger partial charge in [-0.1, -0.05) is 36.4 Å². The van der Waals surface area contributed by atoms with Crippen LogP contribution in [0.3, 0.4) is 0 Å². The lowest BCUT2D eigenvalue weighted by Crippen LogP contribution is -2.32. The summed E-state index contributed by atoms with van der Waals surface area (Å²) >= 11 is 0. The molecule has 0 aliphatic carbocycles. The lowest BCUT2D eigenvalue weighted by Gasteiger charge is -2.25. The maximum absolute atomic E-state index is 14.9. The number of halogens is 1. The Hall–Kier alpha value is -4.13. The molecule has 1 aliphatic heterocycles.